The number of sulfonamides is 1. The standard InChI is InChI=1S/C59H68ClF3N8O9S3/c1-58(41-69-27-31-71(32-28-69)56(73)53-18-12-44(38-64-53)57(74)75)22-20-51(42-8-13-46(60)14-9-42)45(37-58)39-68-25-29-70(30-26-68)48-15-10-43(11-16-48)55(72)66-83(78,79)50-17-19-52(54(36-50)82(76,77)59(61,62)63)65-47(40-81-49-6-3-2-4-7-49)21-24-67-23-5-34-80-35-33-67/h2-4,6-19,36,38,47,65H,5,20-35,37,39-41H2,1H3,(H,66,72)(H,74,75)/t47?,58-/m1/s1. The first-order valence-electron chi connectivity index (χ1n) is 27.7. The Bertz CT molecular complexity index is 3340. The van der Waals surface area contributed by atoms with Crippen molar-refractivity contribution in [2.24, 2.45) is 5.41 Å². The van der Waals surface area contributed by atoms with Crippen LogP contribution in [-0.4, -0.2) is 180 Å². The number of aromatic nitrogens is 1. The number of rotatable bonds is 20. The molecule has 2 atom stereocenters. The van der Waals surface area contributed by atoms with Crippen molar-refractivity contribution in [3.05, 3.63) is 148 Å². The van der Waals surface area contributed by atoms with Gasteiger partial charge in [0.15, 0.2) is 0 Å². The number of sulfone groups is 1. The maximum atomic E-state index is 14.3. The first-order chi connectivity index (χ1) is 39.6. The second-order valence-corrected chi connectivity index (χ2v) is 26.9. The van der Waals surface area contributed by atoms with Gasteiger partial charge in [-0.05, 0) is 128 Å². The number of hydrogen-bond acceptors (Lipinski definition) is 15. The maximum Gasteiger partial charge on any atom is 0.501 e. The number of carboxylic acid groups (broad SMARTS) is 1. The lowest BCUT2D eigenvalue weighted by molar-refractivity contribution is -0.0436. The lowest BCUT2D eigenvalue weighted by atomic mass is 9.71. The third kappa shape index (κ3) is 15.8. The summed E-state index contributed by atoms with van der Waals surface area (Å²) in [6.07, 6.45) is 5.19. The highest BCUT2D eigenvalue weighted by Gasteiger charge is 2.49. The molecule has 444 valence electrons. The van der Waals surface area contributed by atoms with Crippen LogP contribution >= 0.6 is 23.4 Å². The first kappa shape index (κ1) is 61.5. The van der Waals surface area contributed by atoms with E-state index in [0.717, 1.165) is 86.7 Å². The van der Waals surface area contributed by atoms with Crippen LogP contribution in [0.25, 0.3) is 5.57 Å². The van der Waals surface area contributed by atoms with E-state index in [-0.39, 0.29) is 28.1 Å². The van der Waals surface area contributed by atoms with Gasteiger partial charge in [0.1, 0.15) is 10.6 Å². The molecule has 0 saturated carbocycles. The lowest BCUT2D eigenvalue weighted by Crippen LogP contribution is -2.51. The monoisotopic (exact) mass is 1220 g/mol. The number of hydrogen-bond donors (Lipinski definition) is 3. The first-order valence-corrected chi connectivity index (χ1v) is 32.0. The third-order valence-corrected chi connectivity index (χ3v) is 20.0. The van der Waals surface area contributed by atoms with E-state index in [4.69, 9.17) is 16.3 Å². The topological polar surface area (TPSA) is 202 Å². The molecule has 1 aliphatic carbocycles. The Morgan fingerprint density at radius 3 is 2.18 bits per heavy atom. The van der Waals surface area contributed by atoms with Crippen molar-refractivity contribution in [3.63, 3.8) is 0 Å². The molecule has 4 aliphatic rings. The minimum absolute atomic E-state index is 0.0238. The van der Waals surface area contributed by atoms with Gasteiger partial charge in [0.25, 0.3) is 31.7 Å². The number of benzene rings is 4. The Kier molecular flexibility index (Phi) is 19.9. The molecule has 0 bridgehead atoms. The molecule has 5 aromatic rings. The molecule has 0 spiro atoms. The van der Waals surface area contributed by atoms with Crippen molar-refractivity contribution in [3.8, 4) is 0 Å². The van der Waals surface area contributed by atoms with Gasteiger partial charge in [-0.3, -0.25) is 24.4 Å². The molecule has 83 heavy (non-hydrogen) atoms. The summed E-state index contributed by atoms with van der Waals surface area (Å²) in [5, 5.41) is 12.9. The highest BCUT2D eigenvalue weighted by atomic mass is 35.5. The average molecular weight is 1220 g/mol. The molecule has 17 nitrogen and oxygen atoms in total. The van der Waals surface area contributed by atoms with Crippen LogP contribution in [0.4, 0.5) is 24.5 Å². The number of carbonyl (C=O) groups excluding carboxylic acids is 2. The molecule has 24 heteroatoms. The number of piperazine rings is 2. The van der Waals surface area contributed by atoms with Crippen LogP contribution in [0.5, 0.6) is 0 Å². The summed E-state index contributed by atoms with van der Waals surface area (Å²) in [4.78, 5) is 51.9. The maximum absolute atomic E-state index is 14.3. The van der Waals surface area contributed by atoms with Gasteiger partial charge in [0, 0.05) is 131 Å². The predicted octanol–water partition coefficient (Wildman–Crippen LogP) is 8.75. The van der Waals surface area contributed by atoms with E-state index in [9.17, 15) is 49.5 Å². The van der Waals surface area contributed by atoms with E-state index in [1.165, 1.54) is 53.4 Å². The molecule has 4 heterocycles. The number of carbonyl (C=O) groups is 3. The van der Waals surface area contributed by atoms with Crippen molar-refractivity contribution in [2.45, 2.75) is 65.3 Å². The molecule has 0 radical (unpaired) electrons. The van der Waals surface area contributed by atoms with Crippen LogP contribution in [0.2, 0.25) is 5.02 Å². The molecule has 3 aliphatic heterocycles. The Balaban J connectivity index is 0.822. The van der Waals surface area contributed by atoms with Crippen LogP contribution in [0.15, 0.2) is 136 Å². The summed E-state index contributed by atoms with van der Waals surface area (Å²) < 4.78 is 104. The number of carboxylic acids is 1. The summed E-state index contributed by atoms with van der Waals surface area (Å²) in [6, 6.07) is 28.4. The molecule has 9 rings (SSSR count). The average Bonchev–Trinajstić information content (AvgIpc) is 3.83. The number of anilines is 2. The highest BCUT2D eigenvalue weighted by molar-refractivity contribution is 7.99. The van der Waals surface area contributed by atoms with Crippen molar-refractivity contribution < 1.29 is 54.2 Å². The Hall–Kier alpha value is -6.05. The molecule has 4 aromatic carbocycles. The quantitative estimate of drug-likeness (QED) is 0.0624. The molecule has 1 aromatic heterocycles. The highest BCUT2D eigenvalue weighted by Crippen LogP contribution is 2.44. The third-order valence-electron chi connectivity index (χ3n) is 15.8. The fraction of sp³-hybridized carbons (Fsp3) is 0.424. The van der Waals surface area contributed by atoms with Crippen molar-refractivity contribution in [2.75, 3.05) is 114 Å². The lowest BCUT2D eigenvalue weighted by Gasteiger charge is -2.44. The number of allylic oxidation sites excluding steroid dienone is 1. The summed E-state index contributed by atoms with van der Waals surface area (Å²) >= 11 is 7.77. The van der Waals surface area contributed by atoms with Crippen molar-refractivity contribution in [1.29, 1.82) is 0 Å². The summed E-state index contributed by atoms with van der Waals surface area (Å²) in [5.41, 5.74) is -1.38. The van der Waals surface area contributed by atoms with E-state index in [1.807, 2.05) is 47.2 Å². The number of aromatic carboxylic acids is 1. The van der Waals surface area contributed by atoms with E-state index in [1.54, 1.807) is 17.0 Å². The SMILES string of the molecule is C[C@@]1(CN2CCN(C(=O)c3ccc(C(=O)O)cn3)CC2)CCC(c2ccc(Cl)cc2)=C(CN2CCN(c3ccc(C(=O)NS(=O)(=O)c4ccc(NC(CCN5CCCOCC5)CSc5ccccc5)c(S(=O)(=O)C(F)(F)F)c4)cc3)CC2)C1. The number of amides is 2. The summed E-state index contributed by atoms with van der Waals surface area (Å²) in [7, 11) is -11.0. The van der Waals surface area contributed by atoms with Crippen molar-refractivity contribution >= 4 is 78.0 Å². The molecular weight excluding hydrogens is 1150 g/mol. The van der Waals surface area contributed by atoms with Crippen LogP contribution in [0.1, 0.15) is 75.8 Å². The Labute approximate surface area is 492 Å². The zero-order valence-corrected chi connectivity index (χ0v) is 49.2. The van der Waals surface area contributed by atoms with Gasteiger partial charge in [-0.25, -0.2) is 26.4 Å². The minimum Gasteiger partial charge on any atom is -0.478 e. The number of thioether (sulfide) groups is 1. The molecular formula is C59H68ClF3N8O9S3. The number of alkyl halides is 3. The molecule has 3 saturated heterocycles. The summed E-state index contributed by atoms with van der Waals surface area (Å²) in [5.74, 6) is -2.02. The van der Waals surface area contributed by atoms with Gasteiger partial charge in [-0.15, -0.1) is 11.8 Å². The Morgan fingerprint density at radius 1 is 0.807 bits per heavy atom. The van der Waals surface area contributed by atoms with E-state index >= 15 is 0 Å². The second kappa shape index (κ2) is 26.9. The molecule has 3 N–H and O–H groups in total. The van der Waals surface area contributed by atoms with Gasteiger partial charge in [-0.1, -0.05) is 54.4 Å². The largest absolute Gasteiger partial charge is 0.501 e. The van der Waals surface area contributed by atoms with Crippen molar-refractivity contribution in [1.82, 2.24) is 29.3 Å². The normalized spacial score (nSPS) is 19.5. The molecule has 3 fully saturated rings. The zero-order chi connectivity index (χ0) is 58.9. The second-order valence-electron chi connectivity index (χ2n) is 21.8. The predicted molar refractivity (Wildman–Crippen MR) is 314 cm³/mol. The van der Waals surface area contributed by atoms with E-state index in [2.05, 4.69) is 49.0 Å². The van der Waals surface area contributed by atoms with Gasteiger partial charge in [-0.2, -0.15) is 13.2 Å². The smallest absolute Gasteiger partial charge is 0.478 e. The van der Waals surface area contributed by atoms with Crippen LogP contribution in [0.3, 0.4) is 0 Å². The Morgan fingerprint density at radius 2 is 1.51 bits per heavy atom. The number of ether oxygens (including phenoxy) is 1. The number of halogens is 4. The number of pyridine rings is 1. The molecule has 1 unspecified atom stereocenters. The van der Waals surface area contributed by atoms with Gasteiger partial charge < -0.3 is 29.9 Å². The van der Waals surface area contributed by atoms with E-state index in [0.29, 0.717) is 88.8 Å². The number of nitrogens with zero attached hydrogens (tertiary/aromatic N) is 6. The fourth-order valence-corrected chi connectivity index (χ4v) is 14.3. The van der Waals surface area contributed by atoms with Crippen LogP contribution < -0.4 is 14.9 Å². The fourth-order valence-electron chi connectivity index (χ4n) is 11.2. The molecule has 2 amide bonds. The summed E-state index contributed by atoms with van der Waals surface area (Å²) in [6.45, 7) is 12.4. The zero-order valence-electron chi connectivity index (χ0n) is 46.0. The van der Waals surface area contributed by atoms with E-state index < -0.39 is 58.8 Å². The van der Waals surface area contributed by atoms with Crippen LogP contribution in [0, 0.1) is 5.41 Å². The van der Waals surface area contributed by atoms with Gasteiger partial charge in [0.2, 0.25) is 0 Å². The minimum atomic E-state index is -6.10. The number of nitrogens with one attached hydrogen (secondary N) is 2. The van der Waals surface area contributed by atoms with Crippen LogP contribution in [-0.2, 0) is 24.6 Å². The van der Waals surface area contributed by atoms with Gasteiger partial charge >= 0.3 is 11.5 Å². The van der Waals surface area contributed by atoms with Gasteiger partial charge in [0.05, 0.1) is 22.8 Å².